The highest BCUT2D eigenvalue weighted by Gasteiger charge is 2.51. The fourth-order valence-electron chi connectivity index (χ4n) is 6.06. The van der Waals surface area contributed by atoms with Gasteiger partial charge in [-0.2, -0.15) is 5.10 Å². The molecule has 0 spiro atoms. The van der Waals surface area contributed by atoms with Gasteiger partial charge >= 0.3 is 0 Å². The first kappa shape index (κ1) is 17.8. The minimum Gasteiger partial charge on any atom is -0.383 e. The maximum atomic E-state index is 12.5. The smallest absolute Gasteiger partial charge is 0.244 e. The lowest BCUT2D eigenvalue weighted by molar-refractivity contribution is -0.117. The Hall–Kier alpha value is -1.62. The molecule has 4 bridgehead atoms. The molecule has 1 atom stereocenters. The lowest BCUT2D eigenvalue weighted by Crippen LogP contribution is -2.47. The van der Waals surface area contributed by atoms with Gasteiger partial charge in [0.1, 0.15) is 5.60 Å². The number of aliphatic hydroxyl groups is 1. The van der Waals surface area contributed by atoms with Crippen LogP contribution >= 0.6 is 0 Å². The summed E-state index contributed by atoms with van der Waals surface area (Å²) in [6.45, 7) is 4.04. The molecule has 1 heterocycles. The summed E-state index contributed by atoms with van der Waals surface area (Å²) in [7, 11) is 1.82. The van der Waals surface area contributed by atoms with E-state index >= 15 is 0 Å². The Morgan fingerprint density at radius 2 is 1.92 bits per heavy atom. The van der Waals surface area contributed by atoms with Crippen LogP contribution < -0.4 is 5.32 Å². The van der Waals surface area contributed by atoms with E-state index in [2.05, 4.69) is 17.3 Å². The number of aryl methyl sites for hydroxylation is 1. The molecule has 0 radical (unpaired) electrons. The second-order valence-corrected chi connectivity index (χ2v) is 9.42. The van der Waals surface area contributed by atoms with Crippen LogP contribution in [0.1, 0.15) is 57.9 Å². The Labute approximate surface area is 155 Å². The molecule has 0 aromatic carbocycles. The van der Waals surface area contributed by atoms with Crippen molar-refractivity contribution in [3.8, 4) is 0 Å². The summed E-state index contributed by atoms with van der Waals surface area (Å²) < 4.78 is 1.66. The maximum absolute atomic E-state index is 12.5. The first-order chi connectivity index (χ1) is 12.3. The van der Waals surface area contributed by atoms with Crippen molar-refractivity contribution in [3.05, 3.63) is 29.6 Å². The zero-order valence-corrected chi connectivity index (χ0v) is 16.2. The zero-order chi connectivity index (χ0) is 18.5. The molecule has 5 nitrogen and oxygen atoms in total. The highest BCUT2D eigenvalue weighted by Crippen LogP contribution is 2.62. The molecule has 142 valence electrons. The van der Waals surface area contributed by atoms with Crippen LogP contribution in [0.25, 0.3) is 0 Å². The van der Waals surface area contributed by atoms with E-state index in [1.165, 1.54) is 44.1 Å². The lowest BCUT2D eigenvalue weighted by atomic mass is 9.48. The van der Waals surface area contributed by atoms with Crippen LogP contribution in [0.3, 0.4) is 0 Å². The molecule has 4 aliphatic carbocycles. The van der Waals surface area contributed by atoms with Crippen molar-refractivity contribution in [3.63, 3.8) is 0 Å². The van der Waals surface area contributed by atoms with Crippen LogP contribution in [0.4, 0.5) is 0 Å². The zero-order valence-electron chi connectivity index (χ0n) is 16.2. The van der Waals surface area contributed by atoms with Crippen LogP contribution in [0.5, 0.6) is 0 Å². The number of nitrogens with zero attached hydrogens (tertiary/aromatic N) is 2. The van der Waals surface area contributed by atoms with Crippen molar-refractivity contribution >= 4 is 5.91 Å². The van der Waals surface area contributed by atoms with Gasteiger partial charge < -0.3 is 10.4 Å². The third-order valence-electron chi connectivity index (χ3n) is 7.16. The summed E-state index contributed by atoms with van der Waals surface area (Å²) in [5.74, 6) is 2.53. The van der Waals surface area contributed by atoms with Crippen LogP contribution in [-0.2, 0) is 17.4 Å². The van der Waals surface area contributed by atoms with Gasteiger partial charge in [0.15, 0.2) is 0 Å². The van der Waals surface area contributed by atoms with E-state index in [-0.39, 0.29) is 17.9 Å². The summed E-state index contributed by atoms with van der Waals surface area (Å²) >= 11 is 0. The predicted molar refractivity (Wildman–Crippen MR) is 100 cm³/mol. The Balaban J connectivity index is 1.41. The Morgan fingerprint density at radius 3 is 2.42 bits per heavy atom. The molecule has 5 heteroatoms. The minimum atomic E-state index is -1.12. The van der Waals surface area contributed by atoms with Crippen molar-refractivity contribution in [1.29, 1.82) is 0 Å². The first-order valence-corrected chi connectivity index (χ1v) is 9.94. The van der Waals surface area contributed by atoms with E-state index in [0.29, 0.717) is 5.56 Å². The first-order valence-electron chi connectivity index (χ1n) is 9.94. The monoisotopic (exact) mass is 357 g/mol. The molecule has 0 unspecified atom stereocenters. The van der Waals surface area contributed by atoms with Gasteiger partial charge in [-0.15, -0.1) is 0 Å². The van der Waals surface area contributed by atoms with E-state index < -0.39 is 5.60 Å². The van der Waals surface area contributed by atoms with E-state index in [4.69, 9.17) is 0 Å². The summed E-state index contributed by atoms with van der Waals surface area (Å²) in [6, 6.07) is 0. The van der Waals surface area contributed by atoms with E-state index in [0.717, 1.165) is 17.8 Å². The molecule has 5 rings (SSSR count). The number of aromatic nitrogens is 2. The van der Waals surface area contributed by atoms with Gasteiger partial charge in [0, 0.05) is 24.9 Å². The molecular weight excluding hydrogens is 326 g/mol. The normalized spacial score (nSPS) is 35.4. The number of allylic oxidation sites excluding steroid dienone is 1. The largest absolute Gasteiger partial charge is 0.383 e. The molecule has 4 saturated carbocycles. The summed E-state index contributed by atoms with van der Waals surface area (Å²) in [6.07, 6.45) is 13.2. The van der Waals surface area contributed by atoms with Crippen molar-refractivity contribution in [2.75, 3.05) is 6.54 Å². The summed E-state index contributed by atoms with van der Waals surface area (Å²) in [5.41, 5.74) is 1.10. The van der Waals surface area contributed by atoms with Crippen molar-refractivity contribution < 1.29 is 9.90 Å². The molecule has 1 amide bonds. The third-order valence-corrected chi connectivity index (χ3v) is 7.16. The molecular formula is C21H31N3O2. The fourth-order valence-corrected chi connectivity index (χ4v) is 6.06. The number of hydrogen-bond acceptors (Lipinski definition) is 3. The minimum absolute atomic E-state index is 0.0950. The quantitative estimate of drug-likeness (QED) is 0.796. The summed E-state index contributed by atoms with van der Waals surface area (Å²) in [5, 5.41) is 17.6. The topological polar surface area (TPSA) is 67.2 Å². The molecule has 0 saturated heterocycles. The van der Waals surface area contributed by atoms with E-state index in [9.17, 15) is 9.90 Å². The number of amides is 1. The molecule has 1 aromatic rings. The van der Waals surface area contributed by atoms with Crippen molar-refractivity contribution in [2.45, 2.75) is 58.0 Å². The molecule has 1 aromatic heterocycles. The molecule has 26 heavy (non-hydrogen) atoms. The van der Waals surface area contributed by atoms with E-state index in [1.807, 2.05) is 7.05 Å². The van der Waals surface area contributed by atoms with Gasteiger partial charge in [-0.25, -0.2) is 0 Å². The van der Waals surface area contributed by atoms with Gasteiger partial charge in [-0.1, -0.05) is 5.57 Å². The molecule has 4 fully saturated rings. The van der Waals surface area contributed by atoms with Gasteiger partial charge in [-0.05, 0) is 75.5 Å². The predicted octanol–water partition coefficient (Wildman–Crippen LogP) is 2.91. The maximum Gasteiger partial charge on any atom is 0.244 e. The van der Waals surface area contributed by atoms with Crippen molar-refractivity contribution in [1.82, 2.24) is 15.1 Å². The standard InChI is InChI=1S/C21H31N3O2/c1-14(21-8-15-5-16(9-21)7-17(6-15)10-21)4-19(25)22-13-20(2,26)18-11-23-24(3)12-18/h4,11-12,15-17,26H,5-10,13H2,1-3H3,(H,22,25)/b14-4+/t15?,16?,17?,20-,21?/m0/s1. The van der Waals surface area contributed by atoms with Gasteiger partial charge in [-0.3, -0.25) is 9.48 Å². The Bertz CT molecular complexity index is 696. The van der Waals surface area contributed by atoms with E-state index in [1.54, 1.807) is 30.1 Å². The average Bonchev–Trinajstić information content (AvgIpc) is 2.99. The van der Waals surface area contributed by atoms with Crippen LogP contribution in [-0.4, -0.2) is 27.3 Å². The van der Waals surface area contributed by atoms with Gasteiger partial charge in [0.05, 0.1) is 12.7 Å². The van der Waals surface area contributed by atoms with Gasteiger partial charge in [0.25, 0.3) is 0 Å². The SMILES string of the molecule is C/C(=C\C(=O)NC[C@](C)(O)c1cnn(C)c1)C12CC3CC(CC(C3)C1)C2. The fraction of sp³-hybridized carbons (Fsp3) is 0.714. The molecule has 0 aliphatic heterocycles. The van der Waals surface area contributed by atoms with Gasteiger partial charge in [0.2, 0.25) is 5.91 Å². The van der Waals surface area contributed by atoms with Crippen LogP contribution in [0.2, 0.25) is 0 Å². The highest BCUT2D eigenvalue weighted by molar-refractivity contribution is 5.88. The number of rotatable bonds is 5. The Kier molecular flexibility index (Phi) is 4.25. The number of carbonyl (C=O) groups is 1. The third kappa shape index (κ3) is 3.22. The van der Waals surface area contributed by atoms with Crippen LogP contribution in [0, 0.1) is 23.2 Å². The number of carbonyl (C=O) groups excluding carboxylic acids is 1. The van der Waals surface area contributed by atoms with Crippen LogP contribution in [0.15, 0.2) is 24.0 Å². The van der Waals surface area contributed by atoms with Crippen molar-refractivity contribution in [2.24, 2.45) is 30.2 Å². The highest BCUT2D eigenvalue weighted by atomic mass is 16.3. The molecule has 4 aliphatic rings. The number of hydrogen-bond donors (Lipinski definition) is 2. The average molecular weight is 357 g/mol. The summed E-state index contributed by atoms with van der Waals surface area (Å²) in [4.78, 5) is 12.5. The molecule has 2 N–H and O–H groups in total. The lowest BCUT2D eigenvalue weighted by Gasteiger charge is -2.57. The second-order valence-electron chi connectivity index (χ2n) is 9.42. The Morgan fingerprint density at radius 1 is 1.35 bits per heavy atom. The second kappa shape index (κ2) is 6.22. The number of nitrogens with one attached hydrogen (secondary N) is 1.